The average Bonchev–Trinajstić information content (AvgIpc) is 3.63. The van der Waals surface area contributed by atoms with Crippen molar-refractivity contribution in [3.05, 3.63) is 59.2 Å². The van der Waals surface area contributed by atoms with E-state index in [1.807, 2.05) is 21.7 Å². The lowest BCUT2D eigenvalue weighted by molar-refractivity contribution is 0.0730. The van der Waals surface area contributed by atoms with Crippen LogP contribution in [0.4, 0.5) is 4.39 Å². The van der Waals surface area contributed by atoms with Crippen molar-refractivity contribution in [1.29, 1.82) is 0 Å². The van der Waals surface area contributed by atoms with Crippen LogP contribution in [-0.4, -0.2) is 31.6 Å². The second-order valence-corrected chi connectivity index (χ2v) is 8.54. The van der Waals surface area contributed by atoms with Gasteiger partial charge in [0.2, 0.25) is 0 Å². The number of nitrogens with zero attached hydrogens (tertiary/aromatic N) is 4. The van der Waals surface area contributed by atoms with Crippen LogP contribution >= 0.6 is 0 Å². The molecule has 0 aliphatic heterocycles. The molecule has 0 saturated heterocycles. The third kappa shape index (κ3) is 3.41. The Labute approximate surface area is 169 Å². The van der Waals surface area contributed by atoms with Gasteiger partial charge in [0.15, 0.2) is 5.65 Å². The SMILES string of the molecule is CC(C)n1ncc2c(C(=O)N(Cc3ccccc3F)C3CC3)cc(C3CC3)nc21. The Balaban J connectivity index is 1.57. The van der Waals surface area contributed by atoms with Crippen molar-refractivity contribution in [2.75, 3.05) is 0 Å². The maximum atomic E-state index is 14.3. The van der Waals surface area contributed by atoms with Gasteiger partial charge < -0.3 is 4.90 Å². The Hall–Kier alpha value is -2.76. The Morgan fingerprint density at radius 2 is 2.00 bits per heavy atom. The van der Waals surface area contributed by atoms with Crippen LogP contribution < -0.4 is 0 Å². The summed E-state index contributed by atoms with van der Waals surface area (Å²) in [5, 5.41) is 5.28. The van der Waals surface area contributed by atoms with Crippen molar-refractivity contribution in [3.63, 3.8) is 0 Å². The van der Waals surface area contributed by atoms with Gasteiger partial charge in [0.05, 0.1) is 17.1 Å². The number of hydrogen-bond donors (Lipinski definition) is 0. The van der Waals surface area contributed by atoms with E-state index in [4.69, 9.17) is 4.98 Å². The molecule has 0 atom stereocenters. The Morgan fingerprint density at radius 3 is 2.66 bits per heavy atom. The minimum atomic E-state index is -0.267. The molecule has 150 valence electrons. The predicted octanol–water partition coefficient (Wildman–Crippen LogP) is 4.83. The lowest BCUT2D eigenvalue weighted by atomic mass is 10.1. The molecule has 2 aromatic heterocycles. The van der Waals surface area contributed by atoms with Gasteiger partial charge in [-0.05, 0) is 51.7 Å². The molecular formula is C23H25FN4O. The molecule has 2 fully saturated rings. The molecule has 1 aromatic carbocycles. The highest BCUT2D eigenvalue weighted by atomic mass is 19.1. The molecule has 29 heavy (non-hydrogen) atoms. The quantitative estimate of drug-likeness (QED) is 0.603. The zero-order valence-electron chi connectivity index (χ0n) is 16.8. The van der Waals surface area contributed by atoms with Gasteiger partial charge in [0, 0.05) is 35.8 Å². The highest BCUT2D eigenvalue weighted by Gasteiger charge is 2.35. The van der Waals surface area contributed by atoms with Gasteiger partial charge in [-0.1, -0.05) is 18.2 Å². The molecule has 6 heteroatoms. The van der Waals surface area contributed by atoms with E-state index in [1.54, 1.807) is 18.3 Å². The fraction of sp³-hybridized carbons (Fsp3) is 0.435. The topological polar surface area (TPSA) is 51.0 Å². The number of amides is 1. The van der Waals surface area contributed by atoms with E-state index in [-0.39, 0.29) is 30.4 Å². The molecule has 3 aromatic rings. The molecule has 0 N–H and O–H groups in total. The van der Waals surface area contributed by atoms with Crippen LogP contribution in [0.15, 0.2) is 36.5 Å². The van der Waals surface area contributed by atoms with Crippen molar-refractivity contribution < 1.29 is 9.18 Å². The smallest absolute Gasteiger partial charge is 0.255 e. The van der Waals surface area contributed by atoms with Crippen LogP contribution in [0.3, 0.4) is 0 Å². The summed E-state index contributed by atoms with van der Waals surface area (Å²) in [5.41, 5.74) is 2.95. The highest BCUT2D eigenvalue weighted by Crippen LogP contribution is 2.41. The number of benzene rings is 1. The van der Waals surface area contributed by atoms with Crippen molar-refractivity contribution in [2.24, 2.45) is 0 Å². The Bertz CT molecular complexity index is 1080. The lowest BCUT2D eigenvalue weighted by Gasteiger charge is -2.23. The van der Waals surface area contributed by atoms with Gasteiger partial charge in [-0.15, -0.1) is 0 Å². The third-order valence-corrected chi connectivity index (χ3v) is 5.85. The summed E-state index contributed by atoms with van der Waals surface area (Å²) in [6.45, 7) is 4.42. The van der Waals surface area contributed by atoms with Crippen molar-refractivity contribution in [3.8, 4) is 0 Å². The molecule has 5 nitrogen and oxygen atoms in total. The van der Waals surface area contributed by atoms with E-state index in [9.17, 15) is 9.18 Å². The van der Waals surface area contributed by atoms with Crippen LogP contribution in [0.2, 0.25) is 0 Å². The standard InChI is InChI=1S/C23H25FN4O/c1-14(2)28-22-19(12-25-28)18(11-21(26-22)15-7-8-15)23(29)27(17-9-10-17)13-16-5-3-4-6-20(16)24/h3-6,11-12,14-15,17H,7-10,13H2,1-2H3. The summed E-state index contributed by atoms with van der Waals surface area (Å²) in [7, 11) is 0. The number of fused-ring (bicyclic) bond motifs is 1. The molecule has 5 rings (SSSR count). The molecule has 0 spiro atoms. The number of rotatable bonds is 6. The maximum Gasteiger partial charge on any atom is 0.255 e. The maximum absolute atomic E-state index is 14.3. The minimum Gasteiger partial charge on any atom is -0.331 e. The van der Waals surface area contributed by atoms with Gasteiger partial charge in [0.25, 0.3) is 5.91 Å². The molecule has 2 saturated carbocycles. The molecule has 0 unspecified atom stereocenters. The summed E-state index contributed by atoms with van der Waals surface area (Å²) in [6, 6.07) is 8.99. The molecular weight excluding hydrogens is 367 g/mol. The predicted molar refractivity (Wildman–Crippen MR) is 109 cm³/mol. The van der Waals surface area contributed by atoms with E-state index in [0.29, 0.717) is 17.0 Å². The van der Waals surface area contributed by atoms with Crippen LogP contribution in [0.1, 0.15) is 73.1 Å². The van der Waals surface area contributed by atoms with Crippen molar-refractivity contribution in [1.82, 2.24) is 19.7 Å². The fourth-order valence-corrected chi connectivity index (χ4v) is 3.90. The Kier molecular flexibility index (Phi) is 4.37. The van der Waals surface area contributed by atoms with Gasteiger partial charge in [-0.25, -0.2) is 14.1 Å². The van der Waals surface area contributed by atoms with Crippen LogP contribution in [-0.2, 0) is 6.54 Å². The van der Waals surface area contributed by atoms with Crippen LogP contribution in [0.5, 0.6) is 0 Å². The summed E-state index contributed by atoms with van der Waals surface area (Å²) in [4.78, 5) is 20.3. The first kappa shape index (κ1) is 18.3. The van der Waals surface area contributed by atoms with Gasteiger partial charge in [-0.3, -0.25) is 4.79 Å². The number of aromatic nitrogens is 3. The molecule has 1 amide bonds. The second kappa shape index (κ2) is 6.94. The number of halogens is 1. The first-order chi connectivity index (χ1) is 14.0. The number of hydrogen-bond acceptors (Lipinski definition) is 3. The fourth-order valence-electron chi connectivity index (χ4n) is 3.90. The van der Waals surface area contributed by atoms with Crippen LogP contribution in [0.25, 0.3) is 11.0 Å². The van der Waals surface area contributed by atoms with Crippen LogP contribution in [0, 0.1) is 5.82 Å². The largest absolute Gasteiger partial charge is 0.331 e. The van der Waals surface area contributed by atoms with E-state index in [1.165, 1.54) is 6.07 Å². The van der Waals surface area contributed by atoms with Gasteiger partial charge >= 0.3 is 0 Å². The first-order valence-corrected chi connectivity index (χ1v) is 10.5. The van der Waals surface area contributed by atoms with E-state index < -0.39 is 0 Å². The number of pyridine rings is 1. The molecule has 2 aliphatic carbocycles. The zero-order valence-corrected chi connectivity index (χ0v) is 16.8. The summed E-state index contributed by atoms with van der Waals surface area (Å²) >= 11 is 0. The molecule has 2 aliphatic rings. The summed E-state index contributed by atoms with van der Waals surface area (Å²) < 4.78 is 16.1. The van der Waals surface area contributed by atoms with E-state index in [0.717, 1.165) is 42.4 Å². The average molecular weight is 392 g/mol. The Morgan fingerprint density at radius 1 is 1.24 bits per heavy atom. The molecule has 0 radical (unpaired) electrons. The second-order valence-electron chi connectivity index (χ2n) is 8.54. The molecule has 2 heterocycles. The third-order valence-electron chi connectivity index (χ3n) is 5.85. The van der Waals surface area contributed by atoms with Gasteiger partial charge in [-0.2, -0.15) is 5.10 Å². The number of carbonyl (C=O) groups excluding carboxylic acids is 1. The number of carbonyl (C=O) groups is 1. The summed E-state index contributed by atoms with van der Waals surface area (Å²) in [5.74, 6) is 0.118. The van der Waals surface area contributed by atoms with E-state index in [2.05, 4.69) is 18.9 Å². The first-order valence-electron chi connectivity index (χ1n) is 10.5. The monoisotopic (exact) mass is 392 g/mol. The van der Waals surface area contributed by atoms with Crippen molar-refractivity contribution in [2.45, 2.75) is 64.1 Å². The van der Waals surface area contributed by atoms with Crippen molar-refractivity contribution >= 4 is 16.9 Å². The zero-order chi connectivity index (χ0) is 20.1. The van der Waals surface area contributed by atoms with E-state index >= 15 is 0 Å². The van der Waals surface area contributed by atoms with Gasteiger partial charge in [0.1, 0.15) is 5.82 Å². The highest BCUT2D eigenvalue weighted by molar-refractivity contribution is 6.05. The lowest BCUT2D eigenvalue weighted by Crippen LogP contribution is -2.33. The summed E-state index contributed by atoms with van der Waals surface area (Å²) in [6.07, 6.45) is 5.91. The minimum absolute atomic E-state index is 0.0478. The normalized spacial score (nSPS) is 16.6. The molecule has 0 bridgehead atoms.